The Hall–Kier alpha value is -1.72. The SMILES string of the molecule is CC1(C)[C@@H]2C[C@@H]3[C@@H](CCN4C(=O)c5ccccc5C4=O)OCCC3(C2)[C@@H]1O. The Kier molecular flexibility index (Phi) is 3.63. The lowest BCUT2D eigenvalue weighted by Crippen LogP contribution is -2.54. The zero-order valence-electron chi connectivity index (χ0n) is 16.0. The predicted octanol–water partition coefficient (Wildman–Crippen LogP) is 2.87. The number of imide groups is 1. The minimum Gasteiger partial charge on any atom is -0.392 e. The van der Waals surface area contributed by atoms with E-state index >= 15 is 0 Å². The van der Waals surface area contributed by atoms with Crippen molar-refractivity contribution in [3.05, 3.63) is 35.4 Å². The molecule has 2 amide bonds. The summed E-state index contributed by atoms with van der Waals surface area (Å²) in [6, 6.07) is 7.02. The van der Waals surface area contributed by atoms with Crippen molar-refractivity contribution >= 4 is 11.8 Å². The van der Waals surface area contributed by atoms with Gasteiger partial charge in [0.15, 0.2) is 0 Å². The van der Waals surface area contributed by atoms with Crippen molar-refractivity contribution in [3.63, 3.8) is 0 Å². The molecule has 2 saturated carbocycles. The van der Waals surface area contributed by atoms with Crippen molar-refractivity contribution in [1.82, 2.24) is 4.90 Å². The van der Waals surface area contributed by atoms with Crippen molar-refractivity contribution < 1.29 is 19.4 Å². The van der Waals surface area contributed by atoms with Gasteiger partial charge in [-0.2, -0.15) is 0 Å². The van der Waals surface area contributed by atoms with Gasteiger partial charge in [-0.3, -0.25) is 14.5 Å². The van der Waals surface area contributed by atoms with Gasteiger partial charge in [-0.25, -0.2) is 0 Å². The van der Waals surface area contributed by atoms with Crippen LogP contribution in [0.1, 0.15) is 60.2 Å². The first kappa shape index (κ1) is 17.4. The number of ether oxygens (including phenoxy) is 1. The molecule has 3 fully saturated rings. The number of rotatable bonds is 3. The minimum atomic E-state index is -0.292. The van der Waals surface area contributed by atoms with Gasteiger partial charge in [-0.05, 0) is 55.1 Å². The molecular formula is C22H27NO4. The van der Waals surface area contributed by atoms with Crippen LogP contribution in [0.3, 0.4) is 0 Å². The molecule has 1 saturated heterocycles. The number of amides is 2. The Morgan fingerprint density at radius 1 is 1.19 bits per heavy atom. The molecule has 1 aromatic carbocycles. The summed E-state index contributed by atoms with van der Waals surface area (Å²) in [6.45, 7) is 5.42. The van der Waals surface area contributed by atoms with Crippen LogP contribution >= 0.6 is 0 Å². The number of aliphatic hydroxyl groups is 1. The molecule has 1 spiro atoms. The molecule has 144 valence electrons. The lowest BCUT2D eigenvalue weighted by molar-refractivity contribution is -0.163. The van der Waals surface area contributed by atoms with Crippen LogP contribution in [-0.2, 0) is 4.74 Å². The summed E-state index contributed by atoms with van der Waals surface area (Å²) in [4.78, 5) is 26.6. The van der Waals surface area contributed by atoms with Gasteiger partial charge in [0.05, 0.1) is 23.3 Å². The largest absolute Gasteiger partial charge is 0.392 e. The van der Waals surface area contributed by atoms with E-state index in [4.69, 9.17) is 4.74 Å². The van der Waals surface area contributed by atoms with Crippen LogP contribution < -0.4 is 0 Å². The first-order valence-electron chi connectivity index (χ1n) is 10.1. The van der Waals surface area contributed by atoms with Crippen molar-refractivity contribution in [1.29, 1.82) is 0 Å². The molecule has 5 rings (SSSR count). The second-order valence-corrected chi connectivity index (χ2v) is 9.46. The third-order valence-electron chi connectivity index (χ3n) is 8.07. The number of benzene rings is 1. The van der Waals surface area contributed by atoms with Gasteiger partial charge in [-0.1, -0.05) is 26.0 Å². The second kappa shape index (κ2) is 5.65. The van der Waals surface area contributed by atoms with E-state index in [1.807, 2.05) is 0 Å². The van der Waals surface area contributed by atoms with E-state index in [1.54, 1.807) is 24.3 Å². The van der Waals surface area contributed by atoms with Crippen LogP contribution in [0.5, 0.6) is 0 Å². The van der Waals surface area contributed by atoms with Crippen molar-refractivity contribution in [2.24, 2.45) is 22.7 Å². The normalized spacial score (nSPS) is 39.0. The third kappa shape index (κ3) is 2.18. The topological polar surface area (TPSA) is 66.8 Å². The molecule has 2 bridgehead atoms. The fourth-order valence-corrected chi connectivity index (χ4v) is 6.53. The van der Waals surface area contributed by atoms with Gasteiger partial charge in [0.25, 0.3) is 11.8 Å². The smallest absolute Gasteiger partial charge is 0.261 e. The Labute approximate surface area is 159 Å². The molecule has 5 nitrogen and oxygen atoms in total. The molecule has 0 radical (unpaired) electrons. The maximum atomic E-state index is 12.6. The summed E-state index contributed by atoms with van der Waals surface area (Å²) in [5.41, 5.74) is 0.932. The summed E-state index contributed by atoms with van der Waals surface area (Å²) in [7, 11) is 0. The van der Waals surface area contributed by atoms with E-state index in [0.717, 1.165) is 19.3 Å². The molecule has 1 unspecified atom stereocenters. The highest BCUT2D eigenvalue weighted by molar-refractivity contribution is 6.21. The molecule has 2 aliphatic heterocycles. The van der Waals surface area contributed by atoms with E-state index in [9.17, 15) is 14.7 Å². The maximum absolute atomic E-state index is 12.6. The van der Waals surface area contributed by atoms with E-state index in [1.165, 1.54) is 4.90 Å². The highest BCUT2D eigenvalue weighted by atomic mass is 16.5. The summed E-state index contributed by atoms with van der Waals surface area (Å²) < 4.78 is 6.10. The Bertz CT molecular complexity index is 783. The Morgan fingerprint density at radius 2 is 1.85 bits per heavy atom. The van der Waals surface area contributed by atoms with Crippen LogP contribution in [0.2, 0.25) is 0 Å². The number of nitrogens with zero attached hydrogens (tertiary/aromatic N) is 1. The van der Waals surface area contributed by atoms with Crippen LogP contribution in [-0.4, -0.2) is 47.2 Å². The minimum absolute atomic E-state index is 0.0128. The number of fused-ring (bicyclic) bond motifs is 2. The van der Waals surface area contributed by atoms with E-state index < -0.39 is 0 Å². The summed E-state index contributed by atoms with van der Waals surface area (Å²) in [5, 5.41) is 11.1. The van der Waals surface area contributed by atoms with Gasteiger partial charge >= 0.3 is 0 Å². The molecule has 2 aliphatic carbocycles. The third-order valence-corrected chi connectivity index (χ3v) is 8.07. The number of carbonyl (C=O) groups excluding carboxylic acids is 2. The molecular weight excluding hydrogens is 342 g/mol. The van der Waals surface area contributed by atoms with Crippen molar-refractivity contribution in [2.45, 2.75) is 51.7 Å². The Morgan fingerprint density at radius 3 is 2.48 bits per heavy atom. The molecule has 27 heavy (non-hydrogen) atoms. The zero-order valence-corrected chi connectivity index (χ0v) is 16.0. The maximum Gasteiger partial charge on any atom is 0.261 e. The number of hydrogen-bond donors (Lipinski definition) is 1. The molecule has 4 aliphatic rings. The number of carbonyl (C=O) groups is 2. The number of aliphatic hydroxyl groups excluding tert-OH is 1. The average molecular weight is 369 g/mol. The van der Waals surface area contributed by atoms with Crippen LogP contribution in [0.15, 0.2) is 24.3 Å². The van der Waals surface area contributed by atoms with E-state index in [0.29, 0.717) is 42.5 Å². The highest BCUT2D eigenvalue weighted by Crippen LogP contribution is 2.68. The molecule has 5 atom stereocenters. The molecule has 0 aromatic heterocycles. The standard InChI is InChI=1S/C22H27NO4/c1-21(2)13-11-16-17(27-10-8-22(16,12-13)20(21)26)7-9-23-18(24)14-5-3-4-6-15(14)19(23)25/h3-6,13,16-17,20,26H,7-12H2,1-2H3/t13-,16-,17-,20-,22?/m1/s1. The Balaban J connectivity index is 1.32. The van der Waals surface area contributed by atoms with Crippen LogP contribution in [0, 0.1) is 22.7 Å². The summed E-state index contributed by atoms with van der Waals surface area (Å²) in [5.74, 6) is 0.459. The lowest BCUT2D eigenvalue weighted by atomic mass is 9.60. The van der Waals surface area contributed by atoms with Crippen molar-refractivity contribution in [2.75, 3.05) is 13.2 Å². The monoisotopic (exact) mass is 369 g/mol. The van der Waals surface area contributed by atoms with E-state index in [-0.39, 0.29) is 34.9 Å². The molecule has 2 heterocycles. The van der Waals surface area contributed by atoms with Crippen LogP contribution in [0.4, 0.5) is 0 Å². The van der Waals surface area contributed by atoms with Gasteiger partial charge in [0.1, 0.15) is 0 Å². The van der Waals surface area contributed by atoms with Gasteiger partial charge in [-0.15, -0.1) is 0 Å². The average Bonchev–Trinajstić information content (AvgIpc) is 3.23. The fourth-order valence-electron chi connectivity index (χ4n) is 6.53. The van der Waals surface area contributed by atoms with Gasteiger partial charge in [0, 0.05) is 18.6 Å². The summed E-state index contributed by atoms with van der Waals surface area (Å²) in [6.07, 6.45) is 3.45. The van der Waals surface area contributed by atoms with E-state index in [2.05, 4.69) is 13.8 Å². The quantitative estimate of drug-likeness (QED) is 0.832. The highest BCUT2D eigenvalue weighted by Gasteiger charge is 2.67. The lowest BCUT2D eigenvalue weighted by Gasteiger charge is -2.51. The predicted molar refractivity (Wildman–Crippen MR) is 99.2 cm³/mol. The number of hydrogen-bond acceptors (Lipinski definition) is 4. The van der Waals surface area contributed by atoms with Gasteiger partial charge < -0.3 is 9.84 Å². The van der Waals surface area contributed by atoms with Gasteiger partial charge in [0.2, 0.25) is 0 Å². The first-order chi connectivity index (χ1) is 12.9. The second-order valence-electron chi connectivity index (χ2n) is 9.46. The summed E-state index contributed by atoms with van der Waals surface area (Å²) >= 11 is 0. The molecule has 1 aromatic rings. The zero-order chi connectivity index (χ0) is 19.0. The molecule has 5 heteroatoms. The van der Waals surface area contributed by atoms with Crippen LogP contribution in [0.25, 0.3) is 0 Å². The van der Waals surface area contributed by atoms with Crippen molar-refractivity contribution in [3.8, 4) is 0 Å². The first-order valence-corrected chi connectivity index (χ1v) is 10.1. The molecule has 1 N–H and O–H groups in total. The fraction of sp³-hybridized carbons (Fsp3) is 0.636.